The van der Waals surface area contributed by atoms with E-state index in [-0.39, 0.29) is 29.0 Å². The lowest BCUT2D eigenvalue weighted by Gasteiger charge is -2.66. The number of methoxy groups -OCH3 is 1. The minimum atomic E-state index is -1.90. The van der Waals surface area contributed by atoms with Crippen LogP contribution in [-0.4, -0.2) is 71.3 Å². The van der Waals surface area contributed by atoms with Gasteiger partial charge in [-0.25, -0.2) is 0 Å². The van der Waals surface area contributed by atoms with Gasteiger partial charge in [-0.3, -0.25) is 4.79 Å². The fraction of sp³-hybridized carbons (Fsp3) is 0.976. The summed E-state index contributed by atoms with van der Waals surface area (Å²) < 4.78 is 34.7. The molecule has 10 heteroatoms. The van der Waals surface area contributed by atoms with Crippen LogP contribution in [0.4, 0.5) is 0 Å². The molecule has 0 unspecified atom stereocenters. The molecule has 4 fully saturated rings. The molecular weight excluding hydrogens is 701 g/mol. The number of esters is 1. The molecule has 11 atom stereocenters. The molecule has 0 radical (unpaired) electrons. The quantitative estimate of drug-likeness (QED) is 0.108. The summed E-state index contributed by atoms with van der Waals surface area (Å²) in [6, 6.07) is 4.60. The van der Waals surface area contributed by atoms with Crippen LogP contribution in [0.1, 0.15) is 99.3 Å². The van der Waals surface area contributed by atoms with Crippen molar-refractivity contribution in [1.82, 2.24) is 0 Å². The fourth-order valence-corrected chi connectivity index (χ4v) is 15.8. The van der Waals surface area contributed by atoms with Crippen molar-refractivity contribution in [2.75, 3.05) is 13.7 Å². The molecule has 51 heavy (non-hydrogen) atoms. The van der Waals surface area contributed by atoms with Crippen LogP contribution < -0.4 is 0 Å². The molecule has 4 aliphatic rings. The minimum Gasteiger partial charge on any atom is -0.469 e. The number of ether oxygens (including phenoxy) is 1. The van der Waals surface area contributed by atoms with Crippen molar-refractivity contribution in [3.8, 4) is 0 Å². The lowest BCUT2D eigenvalue weighted by atomic mass is 9.42. The summed E-state index contributed by atoms with van der Waals surface area (Å²) in [5.41, 5.74) is 0.189. The van der Waals surface area contributed by atoms with Gasteiger partial charge in [0.15, 0.2) is 33.3 Å². The first-order valence-corrected chi connectivity index (χ1v) is 33.8. The molecule has 0 amide bonds. The van der Waals surface area contributed by atoms with Gasteiger partial charge in [0.2, 0.25) is 0 Å². The van der Waals surface area contributed by atoms with Crippen molar-refractivity contribution in [2.24, 2.45) is 46.3 Å². The number of hydrogen-bond donors (Lipinski definition) is 0. The van der Waals surface area contributed by atoms with E-state index in [9.17, 15) is 4.79 Å². The van der Waals surface area contributed by atoms with Crippen LogP contribution in [0.2, 0.25) is 76.6 Å². The molecule has 0 aromatic rings. The van der Waals surface area contributed by atoms with E-state index in [0.29, 0.717) is 48.0 Å². The highest BCUT2D eigenvalue weighted by Crippen LogP contribution is 2.70. The van der Waals surface area contributed by atoms with Crippen LogP contribution in [0.3, 0.4) is 0 Å². The molecule has 6 nitrogen and oxygen atoms in total. The molecule has 4 rings (SSSR count). The Morgan fingerprint density at radius 3 is 1.92 bits per heavy atom. The van der Waals surface area contributed by atoms with Gasteiger partial charge >= 0.3 is 5.97 Å². The van der Waals surface area contributed by atoms with Gasteiger partial charge in [-0.1, -0.05) is 41.5 Å². The summed E-state index contributed by atoms with van der Waals surface area (Å²) in [6.45, 7) is 34.8. The molecule has 0 heterocycles. The van der Waals surface area contributed by atoms with Gasteiger partial charge in [0.05, 0.1) is 13.2 Å². The zero-order valence-corrected chi connectivity index (χ0v) is 40.0. The van der Waals surface area contributed by atoms with Crippen molar-refractivity contribution in [1.29, 1.82) is 0 Å². The number of carbonyl (C=O) groups is 1. The molecule has 0 spiro atoms. The van der Waals surface area contributed by atoms with E-state index in [1.54, 1.807) is 0 Å². The Balaban J connectivity index is 1.85. The lowest BCUT2D eigenvalue weighted by molar-refractivity contribution is -0.212. The van der Waals surface area contributed by atoms with Gasteiger partial charge in [-0.05, 0) is 174 Å². The highest BCUT2D eigenvalue weighted by atomic mass is 28.4. The minimum absolute atomic E-state index is 0.0546. The second-order valence-corrected chi connectivity index (χ2v) is 38.3. The van der Waals surface area contributed by atoms with Crippen molar-refractivity contribution in [2.45, 2.75) is 194 Å². The van der Waals surface area contributed by atoms with Gasteiger partial charge in [0, 0.05) is 25.2 Å². The van der Waals surface area contributed by atoms with Gasteiger partial charge in [0.25, 0.3) is 0 Å². The van der Waals surface area contributed by atoms with Crippen LogP contribution in [0.25, 0.3) is 0 Å². The summed E-state index contributed by atoms with van der Waals surface area (Å²) in [4.78, 5) is 12.3. The fourth-order valence-electron chi connectivity index (χ4n) is 11.1. The molecular formula is C41H82O6Si4. The highest BCUT2D eigenvalue weighted by Gasteiger charge is 2.68. The Hall–Kier alpha value is 0.178. The molecule has 298 valence electrons. The SMILES string of the molecule is CC[Si](C)(C)OC[C@]12CC[C@@H](O[Si](C)(C)CC)C[C@H]1C[C@@H](O[Si](C)(C)CC)[C@@H]1[C@@H]2C[C@H](O[Si](C)(C)CC)[C@]2(C)[C@@H]([C@H](C)CCC(=O)OC)CC[C@@H]12. The first-order chi connectivity index (χ1) is 23.6. The lowest BCUT2D eigenvalue weighted by Crippen LogP contribution is -2.66. The molecule has 0 N–H and O–H groups in total. The average Bonchev–Trinajstić information content (AvgIpc) is 3.44. The predicted molar refractivity (Wildman–Crippen MR) is 223 cm³/mol. The Labute approximate surface area is 319 Å². The van der Waals surface area contributed by atoms with Crippen molar-refractivity contribution >= 4 is 39.2 Å². The summed E-state index contributed by atoms with van der Waals surface area (Å²) in [6.07, 6.45) is 10.5. The van der Waals surface area contributed by atoms with Gasteiger partial charge in [0.1, 0.15) is 0 Å². The monoisotopic (exact) mass is 783 g/mol. The molecule has 0 saturated heterocycles. The second kappa shape index (κ2) is 16.7. The Morgan fingerprint density at radius 2 is 1.33 bits per heavy atom. The zero-order chi connectivity index (χ0) is 38.2. The molecule has 4 aliphatic carbocycles. The van der Waals surface area contributed by atoms with Crippen molar-refractivity contribution < 1.29 is 27.2 Å². The van der Waals surface area contributed by atoms with E-state index in [0.717, 1.165) is 56.8 Å². The number of carbonyl (C=O) groups excluding carboxylic acids is 1. The highest BCUT2D eigenvalue weighted by molar-refractivity contribution is 6.72. The zero-order valence-electron chi connectivity index (χ0n) is 36.0. The molecule has 4 saturated carbocycles. The normalized spacial score (nSPS) is 36.6. The largest absolute Gasteiger partial charge is 0.469 e. The first-order valence-electron chi connectivity index (χ1n) is 21.4. The maximum absolute atomic E-state index is 12.3. The van der Waals surface area contributed by atoms with Crippen LogP contribution in [-0.2, 0) is 27.2 Å². The van der Waals surface area contributed by atoms with Gasteiger partial charge in [-0.2, -0.15) is 0 Å². The van der Waals surface area contributed by atoms with Crippen molar-refractivity contribution in [3.05, 3.63) is 0 Å². The summed E-state index contributed by atoms with van der Waals surface area (Å²) in [5.74, 6) is 3.02. The third-order valence-corrected chi connectivity index (χ3v) is 26.3. The Kier molecular flexibility index (Phi) is 14.4. The predicted octanol–water partition coefficient (Wildman–Crippen LogP) is 11.5. The topological polar surface area (TPSA) is 63.2 Å². The third-order valence-electron chi connectivity index (χ3n) is 15.7. The average molecular weight is 783 g/mol. The van der Waals surface area contributed by atoms with E-state index >= 15 is 0 Å². The van der Waals surface area contributed by atoms with Gasteiger partial charge < -0.3 is 22.4 Å². The maximum Gasteiger partial charge on any atom is 0.305 e. The van der Waals surface area contributed by atoms with Crippen LogP contribution in [0.5, 0.6) is 0 Å². The molecule has 0 aromatic heterocycles. The van der Waals surface area contributed by atoms with Crippen molar-refractivity contribution in [3.63, 3.8) is 0 Å². The van der Waals surface area contributed by atoms with Crippen LogP contribution in [0.15, 0.2) is 0 Å². The van der Waals surface area contributed by atoms with E-state index in [1.165, 1.54) is 32.4 Å². The van der Waals surface area contributed by atoms with Crippen LogP contribution in [0, 0.1) is 46.3 Å². The summed E-state index contributed by atoms with van der Waals surface area (Å²) in [7, 11) is -5.71. The summed E-state index contributed by atoms with van der Waals surface area (Å²) in [5, 5.41) is 0. The smallest absolute Gasteiger partial charge is 0.305 e. The van der Waals surface area contributed by atoms with Crippen LogP contribution >= 0.6 is 0 Å². The Bertz CT molecular complexity index is 1160. The van der Waals surface area contributed by atoms with E-state index in [4.69, 9.17) is 22.4 Å². The molecule has 0 aliphatic heterocycles. The Morgan fingerprint density at radius 1 is 0.745 bits per heavy atom. The van der Waals surface area contributed by atoms with E-state index < -0.39 is 33.3 Å². The summed E-state index contributed by atoms with van der Waals surface area (Å²) >= 11 is 0. The third kappa shape index (κ3) is 9.59. The number of hydrogen-bond acceptors (Lipinski definition) is 6. The molecule has 0 aromatic carbocycles. The number of rotatable bonds is 17. The molecule has 0 bridgehead atoms. The van der Waals surface area contributed by atoms with E-state index in [1.807, 2.05) is 0 Å². The first kappa shape index (κ1) is 43.9. The number of fused-ring (bicyclic) bond motifs is 5. The maximum atomic E-state index is 12.3. The van der Waals surface area contributed by atoms with E-state index in [2.05, 4.69) is 93.9 Å². The second-order valence-electron chi connectivity index (χ2n) is 20.4. The standard InChI is InChI=1S/C41H82O6Si4/c1-16-48(8,9)44-29-41-25-24-32(45-49(10,11)17-2)26-31(41)27-36(46-50(12,13)18-3)39-34-22-21-33(30(5)20-23-38(42)43-7)40(34,6)37(28-35(39)41)47-51(14,15)19-4/h30-37,39H,16-29H2,1-15H3/t30-,31+,32-,33-,34+,35+,36-,37+,39+,40-,41-/m1/s1. The van der Waals surface area contributed by atoms with Gasteiger partial charge in [-0.15, -0.1) is 0 Å².